The van der Waals surface area contributed by atoms with Crippen LogP contribution in [0.5, 0.6) is 0 Å². The summed E-state index contributed by atoms with van der Waals surface area (Å²) in [7, 11) is 1.52. The number of nitrogens with one attached hydrogen (secondary N) is 1. The Morgan fingerprint density at radius 1 is 1.23 bits per heavy atom. The van der Waals surface area contributed by atoms with Gasteiger partial charge in [-0.05, 0) is 50.6 Å². The van der Waals surface area contributed by atoms with Crippen LogP contribution in [0.2, 0.25) is 0 Å². The van der Waals surface area contributed by atoms with Crippen molar-refractivity contribution < 1.29 is 4.79 Å². The highest BCUT2D eigenvalue weighted by molar-refractivity contribution is 6.01. The molecule has 0 fully saturated rings. The third-order valence-corrected chi connectivity index (χ3v) is 3.65. The van der Waals surface area contributed by atoms with E-state index in [-0.39, 0.29) is 11.5 Å². The van der Waals surface area contributed by atoms with Gasteiger partial charge in [0.2, 0.25) is 0 Å². The Kier molecular flexibility index (Phi) is 4.47. The molecule has 0 atom stereocenters. The fourth-order valence-corrected chi connectivity index (χ4v) is 2.46. The van der Waals surface area contributed by atoms with Crippen molar-refractivity contribution in [1.29, 1.82) is 5.26 Å². The molecule has 4 heteroatoms. The zero-order chi connectivity index (χ0) is 16.3. The molecule has 4 nitrogen and oxygen atoms in total. The zero-order valence-electron chi connectivity index (χ0n) is 13.3. The minimum absolute atomic E-state index is 0.103. The highest BCUT2D eigenvalue weighted by Gasteiger charge is 2.12. The predicted molar refractivity (Wildman–Crippen MR) is 87.6 cm³/mol. The number of nitriles is 1. The molecule has 112 valence electrons. The summed E-state index contributed by atoms with van der Waals surface area (Å²) in [5.41, 5.74) is 5.31. The van der Waals surface area contributed by atoms with E-state index in [1.54, 1.807) is 6.08 Å². The van der Waals surface area contributed by atoms with Crippen molar-refractivity contribution in [3.63, 3.8) is 0 Å². The number of rotatable bonds is 3. The van der Waals surface area contributed by atoms with Crippen molar-refractivity contribution in [2.75, 3.05) is 7.05 Å². The van der Waals surface area contributed by atoms with Gasteiger partial charge < -0.3 is 9.88 Å². The summed E-state index contributed by atoms with van der Waals surface area (Å²) in [6.45, 7) is 6.05. The summed E-state index contributed by atoms with van der Waals surface area (Å²) in [5.74, 6) is -0.373. The molecule has 1 aromatic heterocycles. The van der Waals surface area contributed by atoms with Crippen LogP contribution in [0.15, 0.2) is 35.9 Å². The molecule has 0 aliphatic carbocycles. The first-order valence-corrected chi connectivity index (χ1v) is 7.07. The summed E-state index contributed by atoms with van der Waals surface area (Å²) in [4.78, 5) is 11.6. The van der Waals surface area contributed by atoms with E-state index in [4.69, 9.17) is 5.26 Å². The molecule has 1 amide bonds. The lowest BCUT2D eigenvalue weighted by atomic mass is 10.1. The fourth-order valence-electron chi connectivity index (χ4n) is 2.46. The third-order valence-electron chi connectivity index (χ3n) is 3.65. The largest absolute Gasteiger partial charge is 0.354 e. The Morgan fingerprint density at radius 2 is 1.86 bits per heavy atom. The van der Waals surface area contributed by atoms with Gasteiger partial charge in [0, 0.05) is 24.1 Å². The van der Waals surface area contributed by atoms with Gasteiger partial charge in [0.05, 0.1) is 0 Å². The molecule has 2 rings (SSSR count). The second-order valence-corrected chi connectivity index (χ2v) is 5.25. The minimum atomic E-state index is -0.373. The predicted octanol–water partition coefficient (Wildman–Crippen LogP) is 3.06. The van der Waals surface area contributed by atoms with Gasteiger partial charge in [0.25, 0.3) is 5.91 Å². The highest BCUT2D eigenvalue weighted by atomic mass is 16.1. The van der Waals surface area contributed by atoms with Crippen molar-refractivity contribution in [2.24, 2.45) is 0 Å². The number of nitrogens with zero attached hydrogens (tertiary/aromatic N) is 2. The summed E-state index contributed by atoms with van der Waals surface area (Å²) in [6.07, 6.45) is 1.63. The van der Waals surface area contributed by atoms with Crippen LogP contribution >= 0.6 is 0 Å². The van der Waals surface area contributed by atoms with Crippen molar-refractivity contribution in [3.05, 3.63) is 58.4 Å². The molecule has 22 heavy (non-hydrogen) atoms. The maximum absolute atomic E-state index is 11.6. The summed E-state index contributed by atoms with van der Waals surface area (Å²) in [6, 6.07) is 12.2. The Morgan fingerprint density at radius 3 is 2.41 bits per heavy atom. The number of likely N-dealkylation sites (N-methyl/N-ethyl adjacent to an activating group) is 1. The third kappa shape index (κ3) is 2.94. The SMILES string of the molecule is CNC(=O)/C(C#N)=C\c1cc(C)n(-c2ccc(C)cc2)c1C. The zero-order valence-corrected chi connectivity index (χ0v) is 13.3. The molecular formula is C18H19N3O. The van der Waals surface area contributed by atoms with E-state index in [9.17, 15) is 4.79 Å². The molecule has 0 aliphatic heterocycles. The Bertz CT molecular complexity index is 774. The molecule has 2 aromatic rings. The molecule has 0 radical (unpaired) electrons. The van der Waals surface area contributed by atoms with Crippen LogP contribution in [0.4, 0.5) is 0 Å². The first-order valence-electron chi connectivity index (χ1n) is 7.07. The molecule has 0 bridgehead atoms. The van der Waals surface area contributed by atoms with Crippen LogP contribution in [0.25, 0.3) is 11.8 Å². The Hall–Kier alpha value is -2.80. The van der Waals surface area contributed by atoms with E-state index >= 15 is 0 Å². The molecule has 1 N–H and O–H groups in total. The monoisotopic (exact) mass is 293 g/mol. The lowest BCUT2D eigenvalue weighted by Crippen LogP contribution is -2.19. The van der Waals surface area contributed by atoms with Gasteiger partial charge in [-0.3, -0.25) is 4.79 Å². The lowest BCUT2D eigenvalue weighted by molar-refractivity contribution is -0.116. The van der Waals surface area contributed by atoms with Gasteiger partial charge in [-0.2, -0.15) is 5.26 Å². The molecular weight excluding hydrogens is 274 g/mol. The van der Waals surface area contributed by atoms with E-state index in [0.717, 1.165) is 22.6 Å². The van der Waals surface area contributed by atoms with Gasteiger partial charge in [-0.15, -0.1) is 0 Å². The number of hydrogen-bond acceptors (Lipinski definition) is 2. The van der Waals surface area contributed by atoms with Crippen molar-refractivity contribution in [1.82, 2.24) is 9.88 Å². The van der Waals surface area contributed by atoms with E-state index in [1.807, 2.05) is 26.0 Å². The summed E-state index contributed by atoms with van der Waals surface area (Å²) in [5, 5.41) is 11.6. The van der Waals surface area contributed by atoms with E-state index < -0.39 is 0 Å². The molecule has 0 unspecified atom stereocenters. The van der Waals surface area contributed by atoms with Gasteiger partial charge in [-0.1, -0.05) is 17.7 Å². The van der Waals surface area contributed by atoms with Crippen LogP contribution in [0, 0.1) is 32.1 Å². The van der Waals surface area contributed by atoms with E-state index in [0.29, 0.717) is 0 Å². The maximum atomic E-state index is 11.6. The number of aromatic nitrogens is 1. The Labute approximate surface area is 130 Å². The molecule has 0 saturated carbocycles. The average molecular weight is 293 g/mol. The molecule has 1 heterocycles. The standard InChI is InChI=1S/C18H19N3O/c1-12-5-7-17(8-6-12)21-13(2)9-15(14(21)3)10-16(11-19)18(22)20-4/h5-10H,1-4H3,(H,20,22)/b16-10-. The topological polar surface area (TPSA) is 57.8 Å². The highest BCUT2D eigenvalue weighted by Crippen LogP contribution is 2.23. The van der Waals surface area contributed by atoms with Gasteiger partial charge in [-0.25, -0.2) is 0 Å². The van der Waals surface area contributed by atoms with Crippen LogP contribution in [-0.2, 0) is 4.79 Å². The van der Waals surface area contributed by atoms with Crippen molar-refractivity contribution in [2.45, 2.75) is 20.8 Å². The van der Waals surface area contributed by atoms with Gasteiger partial charge in [0.1, 0.15) is 11.6 Å². The van der Waals surface area contributed by atoms with E-state index in [2.05, 4.69) is 41.1 Å². The average Bonchev–Trinajstić information content (AvgIpc) is 2.79. The molecule has 0 aliphatic rings. The number of carbonyl (C=O) groups excluding carboxylic acids is 1. The van der Waals surface area contributed by atoms with Crippen LogP contribution in [-0.4, -0.2) is 17.5 Å². The first-order chi connectivity index (χ1) is 10.5. The van der Waals surface area contributed by atoms with Crippen LogP contribution in [0.3, 0.4) is 0 Å². The second-order valence-electron chi connectivity index (χ2n) is 5.25. The van der Waals surface area contributed by atoms with Gasteiger partial charge in [0.15, 0.2) is 0 Å². The molecule has 0 spiro atoms. The first kappa shape index (κ1) is 15.6. The number of carbonyl (C=O) groups is 1. The minimum Gasteiger partial charge on any atom is -0.354 e. The maximum Gasteiger partial charge on any atom is 0.261 e. The lowest BCUT2D eigenvalue weighted by Gasteiger charge is -2.10. The second kappa shape index (κ2) is 6.31. The molecule has 1 aromatic carbocycles. The van der Waals surface area contributed by atoms with Crippen molar-refractivity contribution >= 4 is 12.0 Å². The number of aryl methyl sites for hydroxylation is 2. The van der Waals surface area contributed by atoms with Crippen molar-refractivity contribution in [3.8, 4) is 11.8 Å². The van der Waals surface area contributed by atoms with Crippen LogP contribution < -0.4 is 5.32 Å². The van der Waals surface area contributed by atoms with E-state index in [1.165, 1.54) is 12.6 Å². The van der Waals surface area contributed by atoms with Crippen LogP contribution in [0.1, 0.15) is 22.5 Å². The number of benzene rings is 1. The normalized spacial score (nSPS) is 11.1. The Balaban J connectivity index is 2.52. The quantitative estimate of drug-likeness (QED) is 0.698. The fraction of sp³-hybridized carbons (Fsp3) is 0.222. The number of amides is 1. The summed E-state index contributed by atoms with van der Waals surface area (Å²) < 4.78 is 2.12. The number of hydrogen-bond donors (Lipinski definition) is 1. The molecule has 0 saturated heterocycles. The smallest absolute Gasteiger partial charge is 0.261 e. The summed E-state index contributed by atoms with van der Waals surface area (Å²) >= 11 is 0. The van der Waals surface area contributed by atoms with Gasteiger partial charge >= 0.3 is 0 Å².